The smallest absolute Gasteiger partial charge is 0.399 e. The van der Waals surface area contributed by atoms with Gasteiger partial charge in [0, 0.05) is 5.69 Å². The monoisotopic (exact) mass is 287 g/mol. The van der Waals surface area contributed by atoms with Crippen LogP contribution in [0.4, 0.5) is 13.2 Å². The molecule has 110 valence electrons. The Morgan fingerprint density at radius 2 is 1.70 bits per heavy atom. The minimum absolute atomic E-state index is 0.00953. The van der Waals surface area contributed by atoms with E-state index >= 15 is 0 Å². The molecule has 0 aromatic carbocycles. The summed E-state index contributed by atoms with van der Waals surface area (Å²) in [5.74, 6) is -0.812. The SMILES string of the molecule is CC1(C)OB(c2cc(F)nc(CC(F)F)c2)OC1(C)C. The van der Waals surface area contributed by atoms with E-state index in [0.717, 1.165) is 6.07 Å². The Morgan fingerprint density at radius 3 is 2.20 bits per heavy atom. The third-order valence-corrected chi connectivity index (χ3v) is 3.76. The van der Waals surface area contributed by atoms with Gasteiger partial charge in [-0.1, -0.05) is 0 Å². The number of nitrogens with zero attached hydrogens (tertiary/aromatic N) is 1. The van der Waals surface area contributed by atoms with Crippen LogP contribution < -0.4 is 5.46 Å². The van der Waals surface area contributed by atoms with Gasteiger partial charge in [0.2, 0.25) is 12.4 Å². The van der Waals surface area contributed by atoms with Crippen molar-refractivity contribution in [3.63, 3.8) is 0 Å². The predicted molar refractivity (Wildman–Crippen MR) is 69.6 cm³/mol. The highest BCUT2D eigenvalue weighted by Gasteiger charge is 2.51. The van der Waals surface area contributed by atoms with Crippen molar-refractivity contribution in [3.8, 4) is 0 Å². The Kier molecular flexibility index (Phi) is 3.86. The van der Waals surface area contributed by atoms with Gasteiger partial charge in [-0.25, -0.2) is 13.8 Å². The molecule has 0 bridgehead atoms. The molecule has 1 saturated heterocycles. The second kappa shape index (κ2) is 5.04. The van der Waals surface area contributed by atoms with Crippen LogP contribution in [-0.4, -0.2) is 29.7 Å². The lowest BCUT2D eigenvalue weighted by Gasteiger charge is -2.32. The van der Waals surface area contributed by atoms with Gasteiger partial charge in [-0.2, -0.15) is 4.39 Å². The first kappa shape index (κ1) is 15.3. The number of rotatable bonds is 3. The van der Waals surface area contributed by atoms with Crippen LogP contribution in [0.1, 0.15) is 33.4 Å². The average molecular weight is 287 g/mol. The molecule has 1 aromatic rings. The number of halogens is 3. The lowest BCUT2D eigenvalue weighted by Crippen LogP contribution is -2.41. The van der Waals surface area contributed by atoms with Gasteiger partial charge in [0.1, 0.15) is 0 Å². The largest absolute Gasteiger partial charge is 0.495 e. The van der Waals surface area contributed by atoms with E-state index in [-0.39, 0.29) is 5.69 Å². The lowest BCUT2D eigenvalue weighted by atomic mass is 9.79. The van der Waals surface area contributed by atoms with Crippen LogP contribution in [0.3, 0.4) is 0 Å². The maximum absolute atomic E-state index is 13.4. The molecule has 1 aliphatic heterocycles. The Morgan fingerprint density at radius 1 is 1.15 bits per heavy atom. The van der Waals surface area contributed by atoms with Crippen LogP contribution in [0.2, 0.25) is 0 Å². The second-order valence-corrected chi connectivity index (χ2v) is 5.90. The summed E-state index contributed by atoms with van der Waals surface area (Å²) >= 11 is 0. The van der Waals surface area contributed by atoms with Crippen molar-refractivity contribution >= 4 is 12.6 Å². The molecule has 1 aliphatic rings. The van der Waals surface area contributed by atoms with Crippen LogP contribution in [0, 0.1) is 5.95 Å². The molecule has 0 N–H and O–H groups in total. The molecule has 0 saturated carbocycles. The summed E-state index contributed by atoms with van der Waals surface area (Å²) in [5.41, 5.74) is -0.780. The first-order valence-corrected chi connectivity index (χ1v) is 6.41. The summed E-state index contributed by atoms with van der Waals surface area (Å²) in [6.07, 6.45) is -3.17. The molecule has 0 aliphatic carbocycles. The molecule has 2 rings (SSSR count). The molecular formula is C13H17BF3NO2. The van der Waals surface area contributed by atoms with E-state index in [0.29, 0.717) is 5.46 Å². The quantitative estimate of drug-likeness (QED) is 0.631. The van der Waals surface area contributed by atoms with Crippen LogP contribution in [0.25, 0.3) is 0 Å². The van der Waals surface area contributed by atoms with E-state index in [4.69, 9.17) is 9.31 Å². The van der Waals surface area contributed by atoms with Gasteiger partial charge in [0.05, 0.1) is 17.6 Å². The first-order valence-electron chi connectivity index (χ1n) is 6.41. The van der Waals surface area contributed by atoms with Gasteiger partial charge in [-0.3, -0.25) is 0 Å². The zero-order valence-corrected chi connectivity index (χ0v) is 11.9. The van der Waals surface area contributed by atoms with E-state index < -0.39 is 37.1 Å². The van der Waals surface area contributed by atoms with Crippen molar-refractivity contribution in [2.75, 3.05) is 0 Å². The highest BCUT2D eigenvalue weighted by molar-refractivity contribution is 6.62. The highest BCUT2D eigenvalue weighted by atomic mass is 19.3. The maximum Gasteiger partial charge on any atom is 0.495 e. The summed E-state index contributed by atoms with van der Waals surface area (Å²) in [5, 5.41) is 0. The van der Waals surface area contributed by atoms with Crippen molar-refractivity contribution < 1.29 is 22.5 Å². The fourth-order valence-corrected chi connectivity index (χ4v) is 1.95. The maximum atomic E-state index is 13.4. The number of pyridine rings is 1. The molecule has 0 unspecified atom stereocenters. The Hall–Kier alpha value is -1.08. The lowest BCUT2D eigenvalue weighted by molar-refractivity contribution is 0.00578. The minimum Gasteiger partial charge on any atom is -0.399 e. The van der Waals surface area contributed by atoms with E-state index in [2.05, 4.69) is 4.98 Å². The van der Waals surface area contributed by atoms with Gasteiger partial charge in [-0.05, 0) is 45.3 Å². The fourth-order valence-electron chi connectivity index (χ4n) is 1.95. The zero-order chi connectivity index (χ0) is 15.1. The average Bonchev–Trinajstić information content (AvgIpc) is 2.46. The molecule has 1 aromatic heterocycles. The number of hydrogen-bond acceptors (Lipinski definition) is 3. The van der Waals surface area contributed by atoms with Crippen LogP contribution >= 0.6 is 0 Å². The Balaban J connectivity index is 2.28. The van der Waals surface area contributed by atoms with Crippen molar-refractivity contribution in [1.29, 1.82) is 0 Å². The molecule has 0 amide bonds. The van der Waals surface area contributed by atoms with E-state index in [1.165, 1.54) is 6.07 Å². The molecule has 2 heterocycles. The third kappa shape index (κ3) is 2.98. The summed E-state index contributed by atoms with van der Waals surface area (Å²) in [4.78, 5) is 3.46. The predicted octanol–water partition coefficient (Wildman–Crippen LogP) is 2.33. The first-order chi connectivity index (χ1) is 9.10. The summed E-state index contributed by atoms with van der Waals surface area (Å²) in [6, 6.07) is 2.55. The third-order valence-electron chi connectivity index (χ3n) is 3.76. The van der Waals surface area contributed by atoms with Gasteiger partial charge >= 0.3 is 7.12 Å². The fraction of sp³-hybridized carbons (Fsp3) is 0.615. The van der Waals surface area contributed by atoms with Gasteiger partial charge in [0.25, 0.3) is 0 Å². The van der Waals surface area contributed by atoms with Crippen LogP contribution in [0.15, 0.2) is 12.1 Å². The van der Waals surface area contributed by atoms with Crippen molar-refractivity contribution in [1.82, 2.24) is 4.98 Å². The minimum atomic E-state index is -2.57. The summed E-state index contributed by atoms with van der Waals surface area (Å²) in [7, 11) is -0.783. The molecule has 1 fully saturated rings. The van der Waals surface area contributed by atoms with E-state index in [9.17, 15) is 13.2 Å². The Bertz CT molecular complexity index is 492. The van der Waals surface area contributed by atoms with Gasteiger partial charge < -0.3 is 9.31 Å². The molecule has 0 radical (unpaired) electrons. The highest BCUT2D eigenvalue weighted by Crippen LogP contribution is 2.36. The Labute approximate surface area is 116 Å². The number of alkyl halides is 2. The number of aromatic nitrogens is 1. The standard InChI is InChI=1S/C13H17BF3NO2/c1-12(2)13(3,4)20-14(19-12)8-5-9(7-10(15)16)18-11(17)6-8/h5-6,10H,7H2,1-4H3. The topological polar surface area (TPSA) is 31.4 Å². The van der Waals surface area contributed by atoms with Crippen molar-refractivity contribution in [2.45, 2.75) is 51.7 Å². The van der Waals surface area contributed by atoms with Crippen molar-refractivity contribution in [2.24, 2.45) is 0 Å². The van der Waals surface area contributed by atoms with Gasteiger partial charge in [0.15, 0.2) is 0 Å². The molecule has 0 atom stereocenters. The molecule has 20 heavy (non-hydrogen) atoms. The van der Waals surface area contributed by atoms with E-state index in [1.54, 1.807) is 0 Å². The second-order valence-electron chi connectivity index (χ2n) is 5.90. The van der Waals surface area contributed by atoms with E-state index in [1.807, 2.05) is 27.7 Å². The van der Waals surface area contributed by atoms with Crippen LogP contribution in [0.5, 0.6) is 0 Å². The zero-order valence-electron chi connectivity index (χ0n) is 11.9. The number of hydrogen-bond donors (Lipinski definition) is 0. The summed E-state index contributed by atoms with van der Waals surface area (Å²) in [6.45, 7) is 7.46. The normalized spacial score (nSPS) is 20.7. The summed E-state index contributed by atoms with van der Waals surface area (Å²) < 4.78 is 49.7. The van der Waals surface area contributed by atoms with Crippen LogP contribution in [-0.2, 0) is 15.7 Å². The van der Waals surface area contributed by atoms with Crippen molar-refractivity contribution in [3.05, 3.63) is 23.8 Å². The molecule has 3 nitrogen and oxygen atoms in total. The molecule has 0 spiro atoms. The van der Waals surface area contributed by atoms with Gasteiger partial charge in [-0.15, -0.1) is 0 Å². The molecular weight excluding hydrogens is 270 g/mol. The molecule has 7 heteroatoms.